The molecule has 5 nitrogen and oxygen atoms in total. The van der Waals surface area contributed by atoms with Crippen LogP contribution in [0.5, 0.6) is 23.0 Å². The first kappa shape index (κ1) is 17.0. The van der Waals surface area contributed by atoms with Crippen molar-refractivity contribution in [1.82, 2.24) is 4.90 Å². The normalized spacial score (nSPS) is 21.4. The van der Waals surface area contributed by atoms with Gasteiger partial charge in [-0.05, 0) is 54.7 Å². The molecule has 2 heterocycles. The molecule has 2 aliphatic rings. The fraction of sp³-hybridized carbons (Fsp3) is 0.429. The van der Waals surface area contributed by atoms with Crippen LogP contribution in [0.1, 0.15) is 35.2 Å². The number of fused-ring (bicyclic) bond motifs is 4. The molecule has 2 atom stereocenters. The van der Waals surface area contributed by atoms with E-state index in [2.05, 4.69) is 17.9 Å². The van der Waals surface area contributed by atoms with E-state index in [-0.39, 0.29) is 11.8 Å². The maximum Gasteiger partial charge on any atom is 0.160 e. The molecule has 0 bridgehead atoms. The lowest BCUT2D eigenvalue weighted by atomic mass is 9.81. The van der Waals surface area contributed by atoms with Gasteiger partial charge in [0.2, 0.25) is 0 Å². The summed E-state index contributed by atoms with van der Waals surface area (Å²) in [5, 5.41) is 10.3. The molecule has 2 aromatic rings. The van der Waals surface area contributed by atoms with Gasteiger partial charge in [0, 0.05) is 30.3 Å². The third-order valence-corrected chi connectivity index (χ3v) is 5.77. The number of rotatable bonds is 3. The van der Waals surface area contributed by atoms with Gasteiger partial charge in [0.25, 0.3) is 0 Å². The molecule has 0 aliphatic carbocycles. The van der Waals surface area contributed by atoms with E-state index in [1.54, 1.807) is 21.3 Å². The molecule has 138 valence electrons. The van der Waals surface area contributed by atoms with Crippen molar-refractivity contribution in [2.75, 3.05) is 21.3 Å². The third kappa shape index (κ3) is 2.58. The Morgan fingerprint density at radius 3 is 2.38 bits per heavy atom. The lowest BCUT2D eigenvalue weighted by molar-refractivity contribution is 0.104. The molecule has 26 heavy (non-hydrogen) atoms. The van der Waals surface area contributed by atoms with Gasteiger partial charge in [0.1, 0.15) is 11.5 Å². The first-order valence-electron chi connectivity index (χ1n) is 8.95. The molecule has 0 saturated heterocycles. The molecule has 0 fully saturated rings. The second kappa shape index (κ2) is 6.40. The Morgan fingerprint density at radius 1 is 0.923 bits per heavy atom. The lowest BCUT2D eigenvalue weighted by Crippen LogP contribution is -2.45. The Bertz CT molecular complexity index is 848. The van der Waals surface area contributed by atoms with Crippen LogP contribution in [0, 0.1) is 0 Å². The highest BCUT2D eigenvalue weighted by Crippen LogP contribution is 2.46. The summed E-state index contributed by atoms with van der Waals surface area (Å²) in [6, 6.07) is 8.56. The smallest absolute Gasteiger partial charge is 0.160 e. The van der Waals surface area contributed by atoms with Gasteiger partial charge in [-0.15, -0.1) is 0 Å². The van der Waals surface area contributed by atoms with E-state index in [4.69, 9.17) is 14.2 Å². The Labute approximate surface area is 154 Å². The van der Waals surface area contributed by atoms with Crippen LogP contribution in [0.4, 0.5) is 0 Å². The summed E-state index contributed by atoms with van der Waals surface area (Å²) >= 11 is 0. The number of benzene rings is 2. The number of phenols is 1. The molecule has 2 aliphatic heterocycles. The summed E-state index contributed by atoms with van der Waals surface area (Å²) < 4.78 is 16.4. The van der Waals surface area contributed by atoms with Gasteiger partial charge in [0.15, 0.2) is 11.5 Å². The fourth-order valence-corrected chi connectivity index (χ4v) is 4.42. The van der Waals surface area contributed by atoms with Crippen molar-refractivity contribution in [3.63, 3.8) is 0 Å². The summed E-state index contributed by atoms with van der Waals surface area (Å²) in [5.74, 6) is 2.45. The predicted octanol–water partition coefficient (Wildman–Crippen LogP) is 3.46. The maximum atomic E-state index is 10.3. The highest BCUT2D eigenvalue weighted by Gasteiger charge is 2.37. The van der Waals surface area contributed by atoms with E-state index in [0.29, 0.717) is 11.8 Å². The Balaban J connectivity index is 1.81. The molecule has 0 amide bonds. The summed E-state index contributed by atoms with van der Waals surface area (Å²) in [6.45, 7) is 3.09. The minimum Gasteiger partial charge on any atom is -0.504 e. The number of hydrogen-bond donors (Lipinski definition) is 1. The number of aromatic hydroxyl groups is 1. The second-order valence-electron chi connectivity index (χ2n) is 7.14. The van der Waals surface area contributed by atoms with Gasteiger partial charge < -0.3 is 19.3 Å². The summed E-state index contributed by atoms with van der Waals surface area (Å²) in [4.78, 5) is 2.51. The Hall–Kier alpha value is -2.40. The Kier molecular flexibility index (Phi) is 4.19. The van der Waals surface area contributed by atoms with Crippen LogP contribution in [-0.4, -0.2) is 37.4 Å². The third-order valence-electron chi connectivity index (χ3n) is 5.77. The van der Waals surface area contributed by atoms with Crippen molar-refractivity contribution in [2.24, 2.45) is 0 Å². The molecule has 1 N–H and O–H groups in total. The van der Waals surface area contributed by atoms with Crippen LogP contribution in [0.15, 0.2) is 24.3 Å². The molecule has 0 spiro atoms. The standard InChI is InChI=1S/C21H25NO4/c1-12-5-13-8-21(26-4)19(23)10-16(13)18-7-14-6-15(24-2)9-20(25-3)17(14)11-22(12)18/h6,8-10,12,18,23H,5,7,11H2,1-4H3/t12-,18?/m1/s1. The van der Waals surface area contributed by atoms with Gasteiger partial charge in [-0.3, -0.25) is 4.90 Å². The summed E-state index contributed by atoms with van der Waals surface area (Å²) in [7, 11) is 4.98. The van der Waals surface area contributed by atoms with Crippen LogP contribution < -0.4 is 14.2 Å². The highest BCUT2D eigenvalue weighted by atomic mass is 16.5. The van der Waals surface area contributed by atoms with Gasteiger partial charge in [-0.25, -0.2) is 0 Å². The second-order valence-corrected chi connectivity index (χ2v) is 7.14. The number of methoxy groups -OCH3 is 3. The van der Waals surface area contributed by atoms with Gasteiger partial charge in [0.05, 0.1) is 21.3 Å². The minimum absolute atomic E-state index is 0.203. The average molecular weight is 355 g/mol. The predicted molar refractivity (Wildman–Crippen MR) is 99.4 cm³/mol. The molecule has 2 aromatic carbocycles. The molecule has 0 saturated carbocycles. The Morgan fingerprint density at radius 2 is 1.69 bits per heavy atom. The van der Waals surface area contributed by atoms with Crippen molar-refractivity contribution in [3.8, 4) is 23.0 Å². The summed E-state index contributed by atoms with van der Waals surface area (Å²) in [5.41, 5.74) is 4.93. The van der Waals surface area contributed by atoms with Crippen molar-refractivity contribution in [3.05, 3.63) is 46.5 Å². The molecule has 0 aromatic heterocycles. The van der Waals surface area contributed by atoms with Crippen molar-refractivity contribution in [1.29, 1.82) is 0 Å². The molecular formula is C21H25NO4. The largest absolute Gasteiger partial charge is 0.504 e. The first-order chi connectivity index (χ1) is 12.5. The van der Waals surface area contributed by atoms with Crippen LogP contribution >= 0.6 is 0 Å². The van der Waals surface area contributed by atoms with E-state index < -0.39 is 0 Å². The first-order valence-corrected chi connectivity index (χ1v) is 8.95. The highest BCUT2D eigenvalue weighted by molar-refractivity contribution is 5.53. The van der Waals surface area contributed by atoms with Crippen molar-refractivity contribution in [2.45, 2.75) is 38.4 Å². The quantitative estimate of drug-likeness (QED) is 0.914. The molecular weight excluding hydrogens is 330 g/mol. The molecule has 4 rings (SSSR count). The summed E-state index contributed by atoms with van der Waals surface area (Å²) in [6.07, 6.45) is 1.81. The van der Waals surface area contributed by atoms with Crippen LogP contribution in [0.25, 0.3) is 0 Å². The zero-order valence-corrected chi connectivity index (χ0v) is 15.7. The molecule has 1 unspecified atom stereocenters. The molecule has 0 radical (unpaired) electrons. The van der Waals surface area contributed by atoms with Crippen LogP contribution in [-0.2, 0) is 19.4 Å². The minimum atomic E-state index is 0.203. The number of nitrogens with zero attached hydrogens (tertiary/aromatic N) is 1. The van der Waals surface area contributed by atoms with Crippen molar-refractivity contribution >= 4 is 0 Å². The van der Waals surface area contributed by atoms with E-state index >= 15 is 0 Å². The topological polar surface area (TPSA) is 51.2 Å². The lowest BCUT2D eigenvalue weighted by Gasteiger charge is -2.45. The van der Waals surface area contributed by atoms with Gasteiger partial charge in [-0.2, -0.15) is 0 Å². The maximum absolute atomic E-state index is 10.3. The van der Waals surface area contributed by atoms with Gasteiger partial charge >= 0.3 is 0 Å². The number of ether oxygens (including phenoxy) is 3. The monoisotopic (exact) mass is 355 g/mol. The van der Waals surface area contributed by atoms with E-state index in [1.165, 1.54) is 22.3 Å². The van der Waals surface area contributed by atoms with Crippen LogP contribution in [0.2, 0.25) is 0 Å². The zero-order chi connectivity index (χ0) is 18.4. The average Bonchev–Trinajstić information content (AvgIpc) is 2.66. The number of phenolic OH excluding ortho intramolecular Hbond substituents is 1. The zero-order valence-electron chi connectivity index (χ0n) is 15.7. The van der Waals surface area contributed by atoms with E-state index in [9.17, 15) is 5.11 Å². The van der Waals surface area contributed by atoms with Gasteiger partial charge in [-0.1, -0.05) is 0 Å². The van der Waals surface area contributed by atoms with E-state index in [0.717, 1.165) is 30.9 Å². The van der Waals surface area contributed by atoms with E-state index in [1.807, 2.05) is 18.2 Å². The SMILES string of the molecule is COc1cc2c(c(OC)c1)CN1C(C2)c2cc(O)c(OC)cc2C[C@H]1C. The molecule has 5 heteroatoms. The van der Waals surface area contributed by atoms with Crippen LogP contribution in [0.3, 0.4) is 0 Å². The fourth-order valence-electron chi connectivity index (χ4n) is 4.42. The number of hydrogen-bond acceptors (Lipinski definition) is 5. The van der Waals surface area contributed by atoms with Crippen molar-refractivity contribution < 1.29 is 19.3 Å².